The van der Waals surface area contributed by atoms with Gasteiger partial charge in [-0.25, -0.2) is 0 Å². The minimum atomic E-state index is -0.280. The van der Waals surface area contributed by atoms with Crippen molar-refractivity contribution in [2.45, 2.75) is 33.1 Å². The zero-order chi connectivity index (χ0) is 11.5. The fourth-order valence-corrected chi connectivity index (χ4v) is 0.920. The van der Waals surface area contributed by atoms with E-state index in [4.69, 9.17) is 9.47 Å². The summed E-state index contributed by atoms with van der Waals surface area (Å²) in [5.41, 5.74) is 0. The molecule has 0 aromatic carbocycles. The van der Waals surface area contributed by atoms with E-state index in [1.54, 1.807) is 13.0 Å². The van der Waals surface area contributed by atoms with E-state index in [0.29, 0.717) is 19.6 Å². The van der Waals surface area contributed by atoms with E-state index in [1.807, 2.05) is 13.0 Å². The normalized spacial score (nSPS) is 10.3. The molecule has 0 heterocycles. The maximum absolute atomic E-state index is 11.0. The third-order valence-corrected chi connectivity index (χ3v) is 1.64. The van der Waals surface area contributed by atoms with E-state index in [9.17, 15) is 9.59 Å². The van der Waals surface area contributed by atoms with Gasteiger partial charge in [-0.1, -0.05) is 12.2 Å². The van der Waals surface area contributed by atoms with Gasteiger partial charge in [0.1, 0.15) is 6.61 Å². The van der Waals surface area contributed by atoms with Gasteiger partial charge in [-0.05, 0) is 20.3 Å². The molecule has 4 heteroatoms. The quantitative estimate of drug-likeness (QED) is 0.479. The Hall–Kier alpha value is -1.32. The summed E-state index contributed by atoms with van der Waals surface area (Å²) < 4.78 is 9.57. The average molecular weight is 214 g/mol. The molecule has 0 rings (SSSR count). The molecule has 0 amide bonds. The van der Waals surface area contributed by atoms with Crippen LogP contribution in [0.15, 0.2) is 12.2 Å². The molecule has 0 aromatic rings. The van der Waals surface area contributed by atoms with Crippen molar-refractivity contribution in [1.82, 2.24) is 0 Å². The third kappa shape index (κ3) is 9.00. The van der Waals surface area contributed by atoms with E-state index in [-0.39, 0.29) is 24.8 Å². The molecule has 0 aliphatic heterocycles. The van der Waals surface area contributed by atoms with E-state index < -0.39 is 0 Å². The minimum absolute atomic E-state index is 0.260. The Morgan fingerprint density at radius 1 is 1.13 bits per heavy atom. The maximum Gasteiger partial charge on any atom is 0.306 e. The van der Waals surface area contributed by atoms with Gasteiger partial charge in [0.15, 0.2) is 0 Å². The summed E-state index contributed by atoms with van der Waals surface area (Å²) in [6, 6.07) is 0. The van der Waals surface area contributed by atoms with Gasteiger partial charge in [0.25, 0.3) is 0 Å². The van der Waals surface area contributed by atoms with Gasteiger partial charge in [-0.2, -0.15) is 0 Å². The van der Waals surface area contributed by atoms with Crippen molar-refractivity contribution in [3.05, 3.63) is 12.2 Å². The van der Waals surface area contributed by atoms with Gasteiger partial charge in [0.05, 0.1) is 6.61 Å². The number of carbonyl (C=O) groups excluding carboxylic acids is 2. The van der Waals surface area contributed by atoms with Crippen LogP contribution in [-0.2, 0) is 19.1 Å². The molecule has 0 aliphatic carbocycles. The van der Waals surface area contributed by atoms with Crippen molar-refractivity contribution in [2.75, 3.05) is 13.2 Å². The minimum Gasteiger partial charge on any atom is -0.466 e. The second-order valence-corrected chi connectivity index (χ2v) is 2.91. The second-order valence-electron chi connectivity index (χ2n) is 2.91. The molecule has 0 atom stereocenters. The molecule has 0 fully saturated rings. The van der Waals surface area contributed by atoms with Crippen molar-refractivity contribution in [1.29, 1.82) is 0 Å². The lowest BCUT2D eigenvalue weighted by atomic mass is 10.2. The zero-order valence-electron chi connectivity index (χ0n) is 9.32. The predicted octanol–water partition coefficient (Wildman–Crippen LogP) is 1.84. The zero-order valence-corrected chi connectivity index (χ0v) is 9.32. The van der Waals surface area contributed by atoms with Crippen LogP contribution in [0, 0.1) is 0 Å². The van der Waals surface area contributed by atoms with E-state index in [1.165, 1.54) is 0 Å². The number of allylic oxidation sites excluding steroid dienone is 1. The van der Waals surface area contributed by atoms with Gasteiger partial charge < -0.3 is 9.47 Å². The lowest BCUT2D eigenvalue weighted by molar-refractivity contribution is -0.144. The smallest absolute Gasteiger partial charge is 0.306 e. The van der Waals surface area contributed by atoms with Gasteiger partial charge in [0.2, 0.25) is 0 Å². The van der Waals surface area contributed by atoms with Crippen molar-refractivity contribution in [3.63, 3.8) is 0 Å². The molecule has 0 aliphatic rings. The van der Waals surface area contributed by atoms with Crippen LogP contribution < -0.4 is 0 Å². The van der Waals surface area contributed by atoms with Crippen LogP contribution in [0.3, 0.4) is 0 Å². The highest BCUT2D eigenvalue weighted by atomic mass is 16.5. The second kappa shape index (κ2) is 9.24. The molecule has 0 saturated carbocycles. The number of hydrogen-bond donors (Lipinski definition) is 0. The van der Waals surface area contributed by atoms with Crippen molar-refractivity contribution in [2.24, 2.45) is 0 Å². The van der Waals surface area contributed by atoms with E-state index >= 15 is 0 Å². The first kappa shape index (κ1) is 13.7. The molecular formula is C11H18O4. The number of ether oxygens (including phenoxy) is 2. The van der Waals surface area contributed by atoms with Crippen LogP contribution in [0.1, 0.15) is 33.1 Å². The summed E-state index contributed by atoms with van der Waals surface area (Å²) >= 11 is 0. The van der Waals surface area contributed by atoms with Gasteiger partial charge in [-0.3, -0.25) is 9.59 Å². The Morgan fingerprint density at radius 3 is 2.27 bits per heavy atom. The standard InChI is InChI=1S/C11H18O4/c1-3-5-9-15-11(13)8-6-7-10(12)14-4-2/h3,5H,4,6-9H2,1-2H3/b5-3+. The Morgan fingerprint density at radius 2 is 1.73 bits per heavy atom. The molecule has 0 unspecified atom stereocenters. The highest BCUT2D eigenvalue weighted by molar-refractivity contribution is 5.72. The first-order valence-electron chi connectivity index (χ1n) is 5.13. The Labute approximate surface area is 90.2 Å². The SMILES string of the molecule is C/C=C/COC(=O)CCCC(=O)OCC. The lowest BCUT2D eigenvalue weighted by Gasteiger charge is -2.02. The fourth-order valence-electron chi connectivity index (χ4n) is 0.920. The number of esters is 2. The number of rotatable bonds is 7. The molecular weight excluding hydrogens is 196 g/mol. The van der Waals surface area contributed by atoms with Crippen LogP contribution in [-0.4, -0.2) is 25.2 Å². The topological polar surface area (TPSA) is 52.6 Å². The predicted molar refractivity (Wildman–Crippen MR) is 56.3 cm³/mol. The first-order chi connectivity index (χ1) is 7.20. The van der Waals surface area contributed by atoms with Gasteiger partial charge in [-0.15, -0.1) is 0 Å². The van der Waals surface area contributed by atoms with Crippen LogP contribution in [0.5, 0.6) is 0 Å². The summed E-state index contributed by atoms with van der Waals surface area (Å²) in [6.07, 6.45) is 4.57. The molecule has 4 nitrogen and oxygen atoms in total. The molecule has 15 heavy (non-hydrogen) atoms. The molecule has 0 radical (unpaired) electrons. The molecule has 0 saturated heterocycles. The molecule has 0 N–H and O–H groups in total. The van der Waals surface area contributed by atoms with Crippen LogP contribution in [0.4, 0.5) is 0 Å². The monoisotopic (exact) mass is 214 g/mol. The highest BCUT2D eigenvalue weighted by Gasteiger charge is 2.05. The summed E-state index contributed by atoms with van der Waals surface area (Å²) in [7, 11) is 0. The molecule has 0 spiro atoms. The fraction of sp³-hybridized carbons (Fsp3) is 0.636. The lowest BCUT2D eigenvalue weighted by Crippen LogP contribution is -2.07. The number of carbonyl (C=O) groups is 2. The molecule has 0 bridgehead atoms. The summed E-state index contributed by atoms with van der Waals surface area (Å²) in [4.78, 5) is 21.9. The van der Waals surface area contributed by atoms with Gasteiger partial charge >= 0.3 is 11.9 Å². The molecule has 86 valence electrons. The van der Waals surface area contributed by atoms with Gasteiger partial charge in [0, 0.05) is 12.8 Å². The van der Waals surface area contributed by atoms with Crippen LogP contribution >= 0.6 is 0 Å². The maximum atomic E-state index is 11.0. The Bertz CT molecular complexity index is 221. The van der Waals surface area contributed by atoms with Crippen LogP contribution in [0.2, 0.25) is 0 Å². The van der Waals surface area contributed by atoms with E-state index in [2.05, 4.69) is 0 Å². The average Bonchev–Trinajstić information content (AvgIpc) is 2.18. The highest BCUT2D eigenvalue weighted by Crippen LogP contribution is 1.99. The van der Waals surface area contributed by atoms with Crippen molar-refractivity contribution < 1.29 is 19.1 Å². The number of hydrogen-bond acceptors (Lipinski definition) is 4. The summed E-state index contributed by atoms with van der Waals surface area (Å²) in [5, 5.41) is 0. The molecule has 0 aromatic heterocycles. The largest absolute Gasteiger partial charge is 0.466 e. The summed E-state index contributed by atoms with van der Waals surface area (Å²) in [5.74, 6) is -0.545. The third-order valence-electron chi connectivity index (χ3n) is 1.64. The Kier molecular flexibility index (Phi) is 8.43. The Balaban J connectivity index is 3.42. The van der Waals surface area contributed by atoms with Crippen molar-refractivity contribution in [3.8, 4) is 0 Å². The van der Waals surface area contributed by atoms with Crippen LogP contribution in [0.25, 0.3) is 0 Å². The first-order valence-corrected chi connectivity index (χ1v) is 5.13. The van der Waals surface area contributed by atoms with Crippen molar-refractivity contribution >= 4 is 11.9 Å². The summed E-state index contributed by atoms with van der Waals surface area (Å²) in [6.45, 7) is 4.29. The van der Waals surface area contributed by atoms with E-state index in [0.717, 1.165) is 0 Å².